The fourth-order valence-electron chi connectivity index (χ4n) is 1.71. The summed E-state index contributed by atoms with van der Waals surface area (Å²) in [6.07, 6.45) is 1.95. The molecule has 0 bridgehead atoms. The molecule has 5 heteroatoms. The van der Waals surface area contributed by atoms with Crippen LogP contribution in [0.3, 0.4) is 0 Å². The Kier molecular flexibility index (Phi) is 4.55. The zero-order valence-corrected chi connectivity index (χ0v) is 8.94. The van der Waals surface area contributed by atoms with Gasteiger partial charge < -0.3 is 14.7 Å². The minimum atomic E-state index is -0.921. The van der Waals surface area contributed by atoms with Gasteiger partial charge >= 0.3 is 5.97 Å². The molecule has 0 radical (unpaired) electrons. The molecule has 0 spiro atoms. The zero-order valence-electron chi connectivity index (χ0n) is 8.94. The second-order valence-electron chi connectivity index (χ2n) is 3.71. The van der Waals surface area contributed by atoms with Crippen LogP contribution in [-0.2, 0) is 14.3 Å². The van der Waals surface area contributed by atoms with Gasteiger partial charge in [-0.3, -0.25) is 9.59 Å². The van der Waals surface area contributed by atoms with Gasteiger partial charge in [0.1, 0.15) is 0 Å². The van der Waals surface area contributed by atoms with E-state index in [-0.39, 0.29) is 24.9 Å². The van der Waals surface area contributed by atoms with E-state index in [2.05, 4.69) is 0 Å². The van der Waals surface area contributed by atoms with Crippen molar-refractivity contribution >= 4 is 11.9 Å². The Morgan fingerprint density at radius 1 is 1.33 bits per heavy atom. The highest BCUT2D eigenvalue weighted by Gasteiger charge is 2.22. The molecule has 0 aromatic heterocycles. The highest BCUT2D eigenvalue weighted by molar-refractivity contribution is 5.80. The molecule has 86 valence electrons. The molecular formula is C10H17NO4. The molecule has 1 heterocycles. The summed E-state index contributed by atoms with van der Waals surface area (Å²) in [6.45, 7) is 1.36. The van der Waals surface area contributed by atoms with Crippen molar-refractivity contribution in [1.29, 1.82) is 0 Å². The van der Waals surface area contributed by atoms with Crippen LogP contribution in [0.25, 0.3) is 0 Å². The molecule has 1 rings (SSSR count). The first kappa shape index (κ1) is 12.0. The molecule has 0 unspecified atom stereocenters. The smallest absolute Gasteiger partial charge is 0.303 e. The fourth-order valence-corrected chi connectivity index (χ4v) is 1.71. The monoisotopic (exact) mass is 215 g/mol. The summed E-state index contributed by atoms with van der Waals surface area (Å²) in [5.74, 6) is -0.984. The van der Waals surface area contributed by atoms with E-state index in [1.165, 1.54) is 0 Å². The maximum Gasteiger partial charge on any atom is 0.303 e. The third-order valence-electron chi connectivity index (χ3n) is 2.68. The standard InChI is InChI=1S/C10H17NO4/c1-15-8-4-6-11(7-5-8)9(12)2-3-10(13)14/h8H,2-7H2,1H3,(H,13,14). The maximum atomic E-state index is 11.5. The van der Waals surface area contributed by atoms with Gasteiger partial charge in [0.25, 0.3) is 0 Å². The van der Waals surface area contributed by atoms with Gasteiger partial charge in [-0.1, -0.05) is 0 Å². The third kappa shape index (κ3) is 3.87. The summed E-state index contributed by atoms with van der Waals surface area (Å²) < 4.78 is 5.19. The lowest BCUT2D eigenvalue weighted by Gasteiger charge is -2.31. The van der Waals surface area contributed by atoms with Crippen LogP contribution in [-0.4, -0.2) is 48.2 Å². The van der Waals surface area contributed by atoms with E-state index in [1.54, 1.807) is 12.0 Å². The van der Waals surface area contributed by atoms with E-state index >= 15 is 0 Å². The van der Waals surface area contributed by atoms with Crippen LogP contribution in [0.2, 0.25) is 0 Å². The number of piperidine rings is 1. The molecule has 0 aromatic rings. The molecular weight excluding hydrogens is 198 g/mol. The number of nitrogens with zero attached hydrogens (tertiary/aromatic N) is 1. The lowest BCUT2D eigenvalue weighted by Crippen LogP contribution is -2.40. The van der Waals surface area contributed by atoms with Gasteiger partial charge in [0.15, 0.2) is 0 Å². The molecule has 1 amide bonds. The van der Waals surface area contributed by atoms with Crippen LogP contribution < -0.4 is 0 Å². The number of carbonyl (C=O) groups is 2. The average molecular weight is 215 g/mol. The van der Waals surface area contributed by atoms with Gasteiger partial charge in [-0.05, 0) is 12.8 Å². The van der Waals surface area contributed by atoms with Crippen molar-refractivity contribution in [2.45, 2.75) is 31.8 Å². The first-order chi connectivity index (χ1) is 7.13. The Labute approximate surface area is 89.0 Å². The number of likely N-dealkylation sites (tertiary alicyclic amines) is 1. The quantitative estimate of drug-likeness (QED) is 0.741. The summed E-state index contributed by atoms with van der Waals surface area (Å²) in [6, 6.07) is 0. The minimum absolute atomic E-state index is 0.0630. The van der Waals surface area contributed by atoms with Crippen molar-refractivity contribution in [3.8, 4) is 0 Å². The number of carboxylic acids is 1. The summed E-state index contributed by atoms with van der Waals surface area (Å²) in [5, 5.41) is 8.45. The maximum absolute atomic E-state index is 11.5. The number of amides is 1. The zero-order chi connectivity index (χ0) is 11.3. The SMILES string of the molecule is COC1CCN(C(=O)CCC(=O)O)CC1. The highest BCUT2D eigenvalue weighted by Crippen LogP contribution is 2.13. The highest BCUT2D eigenvalue weighted by atomic mass is 16.5. The Morgan fingerprint density at radius 3 is 2.40 bits per heavy atom. The van der Waals surface area contributed by atoms with Crippen LogP contribution in [0.1, 0.15) is 25.7 Å². The van der Waals surface area contributed by atoms with Crippen LogP contribution in [0, 0.1) is 0 Å². The Morgan fingerprint density at radius 2 is 1.93 bits per heavy atom. The van der Waals surface area contributed by atoms with E-state index in [9.17, 15) is 9.59 Å². The fraction of sp³-hybridized carbons (Fsp3) is 0.800. The normalized spacial score (nSPS) is 17.8. The molecule has 15 heavy (non-hydrogen) atoms. The lowest BCUT2D eigenvalue weighted by atomic mass is 10.1. The second kappa shape index (κ2) is 5.70. The minimum Gasteiger partial charge on any atom is -0.481 e. The predicted molar refractivity (Wildman–Crippen MR) is 53.5 cm³/mol. The molecule has 1 aliphatic rings. The number of methoxy groups -OCH3 is 1. The molecule has 5 nitrogen and oxygen atoms in total. The average Bonchev–Trinajstić information content (AvgIpc) is 2.26. The summed E-state index contributed by atoms with van der Waals surface area (Å²) in [5.41, 5.74) is 0. The van der Waals surface area contributed by atoms with Crippen molar-refractivity contribution in [2.24, 2.45) is 0 Å². The number of hydrogen-bond donors (Lipinski definition) is 1. The molecule has 1 aliphatic heterocycles. The molecule has 1 fully saturated rings. The van der Waals surface area contributed by atoms with Gasteiger partial charge in [-0.2, -0.15) is 0 Å². The van der Waals surface area contributed by atoms with Crippen molar-refractivity contribution in [1.82, 2.24) is 4.90 Å². The Balaban J connectivity index is 2.27. The number of ether oxygens (including phenoxy) is 1. The van der Waals surface area contributed by atoms with E-state index in [0.29, 0.717) is 13.1 Å². The molecule has 0 aromatic carbocycles. The van der Waals surface area contributed by atoms with Gasteiger partial charge in [0, 0.05) is 26.6 Å². The Hall–Kier alpha value is -1.10. The molecule has 0 aliphatic carbocycles. The van der Waals surface area contributed by atoms with Crippen LogP contribution in [0.15, 0.2) is 0 Å². The first-order valence-electron chi connectivity index (χ1n) is 5.16. The predicted octanol–water partition coefficient (Wildman–Crippen LogP) is 0.489. The van der Waals surface area contributed by atoms with Gasteiger partial charge in [0.2, 0.25) is 5.91 Å². The van der Waals surface area contributed by atoms with Crippen molar-refractivity contribution in [3.63, 3.8) is 0 Å². The van der Waals surface area contributed by atoms with Gasteiger partial charge in [0.05, 0.1) is 12.5 Å². The van der Waals surface area contributed by atoms with Gasteiger partial charge in [-0.15, -0.1) is 0 Å². The van der Waals surface area contributed by atoms with Crippen LogP contribution in [0.4, 0.5) is 0 Å². The topological polar surface area (TPSA) is 66.8 Å². The largest absolute Gasteiger partial charge is 0.481 e. The molecule has 0 atom stereocenters. The second-order valence-corrected chi connectivity index (χ2v) is 3.71. The van der Waals surface area contributed by atoms with Crippen LogP contribution in [0.5, 0.6) is 0 Å². The van der Waals surface area contributed by atoms with Crippen molar-refractivity contribution < 1.29 is 19.4 Å². The van der Waals surface area contributed by atoms with Crippen molar-refractivity contribution in [2.75, 3.05) is 20.2 Å². The first-order valence-corrected chi connectivity index (χ1v) is 5.16. The van der Waals surface area contributed by atoms with E-state index in [4.69, 9.17) is 9.84 Å². The summed E-state index contributed by atoms with van der Waals surface area (Å²) in [7, 11) is 1.67. The molecule has 0 saturated carbocycles. The number of carbonyl (C=O) groups excluding carboxylic acids is 1. The Bertz CT molecular complexity index is 234. The molecule has 1 saturated heterocycles. The number of aliphatic carboxylic acids is 1. The summed E-state index contributed by atoms with van der Waals surface area (Å²) >= 11 is 0. The third-order valence-corrected chi connectivity index (χ3v) is 2.68. The lowest BCUT2D eigenvalue weighted by molar-refractivity contribution is -0.141. The van der Waals surface area contributed by atoms with Gasteiger partial charge in [-0.25, -0.2) is 0 Å². The van der Waals surface area contributed by atoms with E-state index < -0.39 is 5.97 Å². The number of hydrogen-bond acceptors (Lipinski definition) is 3. The van der Waals surface area contributed by atoms with E-state index in [1.807, 2.05) is 0 Å². The number of carboxylic acid groups (broad SMARTS) is 1. The van der Waals surface area contributed by atoms with Crippen LogP contribution >= 0.6 is 0 Å². The molecule has 1 N–H and O–H groups in total. The number of rotatable bonds is 4. The summed E-state index contributed by atoms with van der Waals surface area (Å²) in [4.78, 5) is 23.5. The van der Waals surface area contributed by atoms with E-state index in [0.717, 1.165) is 12.8 Å². The van der Waals surface area contributed by atoms with Crippen molar-refractivity contribution in [3.05, 3.63) is 0 Å².